The van der Waals surface area contributed by atoms with Gasteiger partial charge in [-0.25, -0.2) is 0 Å². The standard InChI is InChI=1S/C18H30N2O/c1-4-11-19-16-17-7-9-18(10-8-17)21-15-14-20(12-5-2)13-6-3/h5,7-10,19H,2,4,6,11-16H2,1,3H3. The Kier molecular flexibility index (Phi) is 9.58. The van der Waals surface area contributed by atoms with Crippen LogP contribution in [0.25, 0.3) is 0 Å². The molecule has 118 valence electrons. The molecule has 0 atom stereocenters. The van der Waals surface area contributed by atoms with Crippen LogP contribution in [0.1, 0.15) is 32.3 Å². The molecule has 0 spiro atoms. The first-order chi connectivity index (χ1) is 10.3. The van der Waals surface area contributed by atoms with Crippen LogP contribution in [0.5, 0.6) is 5.75 Å². The predicted molar refractivity (Wildman–Crippen MR) is 90.9 cm³/mol. The van der Waals surface area contributed by atoms with Gasteiger partial charge in [-0.1, -0.05) is 32.1 Å². The summed E-state index contributed by atoms with van der Waals surface area (Å²) < 4.78 is 5.81. The fourth-order valence-electron chi connectivity index (χ4n) is 2.20. The van der Waals surface area contributed by atoms with Crippen LogP contribution in [-0.4, -0.2) is 37.7 Å². The lowest BCUT2D eigenvalue weighted by Gasteiger charge is -2.19. The van der Waals surface area contributed by atoms with E-state index in [2.05, 4.69) is 54.9 Å². The van der Waals surface area contributed by atoms with E-state index in [0.29, 0.717) is 0 Å². The van der Waals surface area contributed by atoms with Gasteiger partial charge in [0.2, 0.25) is 0 Å². The summed E-state index contributed by atoms with van der Waals surface area (Å²) in [5, 5.41) is 3.40. The van der Waals surface area contributed by atoms with Crippen molar-refractivity contribution in [3.05, 3.63) is 42.5 Å². The van der Waals surface area contributed by atoms with Crippen molar-refractivity contribution in [1.82, 2.24) is 10.2 Å². The van der Waals surface area contributed by atoms with E-state index >= 15 is 0 Å². The Labute approximate surface area is 130 Å². The van der Waals surface area contributed by atoms with E-state index in [-0.39, 0.29) is 0 Å². The molecule has 0 saturated heterocycles. The summed E-state index contributed by atoms with van der Waals surface area (Å²) in [6.45, 7) is 13.9. The molecule has 1 aromatic carbocycles. The maximum atomic E-state index is 5.81. The van der Waals surface area contributed by atoms with Gasteiger partial charge in [-0.15, -0.1) is 6.58 Å². The Balaban J connectivity index is 2.29. The smallest absolute Gasteiger partial charge is 0.119 e. The monoisotopic (exact) mass is 290 g/mol. The highest BCUT2D eigenvalue weighted by molar-refractivity contribution is 5.27. The van der Waals surface area contributed by atoms with Gasteiger partial charge in [-0.2, -0.15) is 0 Å². The minimum Gasteiger partial charge on any atom is -0.492 e. The topological polar surface area (TPSA) is 24.5 Å². The van der Waals surface area contributed by atoms with Gasteiger partial charge in [0, 0.05) is 19.6 Å². The lowest BCUT2D eigenvalue weighted by atomic mass is 10.2. The Morgan fingerprint density at radius 1 is 1.14 bits per heavy atom. The normalized spacial score (nSPS) is 10.8. The summed E-state index contributed by atoms with van der Waals surface area (Å²) in [4.78, 5) is 2.36. The summed E-state index contributed by atoms with van der Waals surface area (Å²) in [6, 6.07) is 8.37. The molecule has 3 heteroatoms. The van der Waals surface area contributed by atoms with Crippen molar-refractivity contribution in [2.75, 3.05) is 32.8 Å². The average molecular weight is 290 g/mol. The van der Waals surface area contributed by atoms with E-state index < -0.39 is 0 Å². The molecule has 0 heterocycles. The lowest BCUT2D eigenvalue weighted by Crippen LogP contribution is -2.29. The molecule has 1 rings (SSSR count). The number of hydrogen-bond donors (Lipinski definition) is 1. The largest absolute Gasteiger partial charge is 0.492 e. The number of benzene rings is 1. The highest BCUT2D eigenvalue weighted by Gasteiger charge is 2.02. The molecule has 0 amide bonds. The van der Waals surface area contributed by atoms with Crippen molar-refractivity contribution < 1.29 is 4.74 Å². The van der Waals surface area contributed by atoms with Crippen LogP contribution in [-0.2, 0) is 6.54 Å². The molecule has 0 radical (unpaired) electrons. The Hall–Kier alpha value is -1.32. The van der Waals surface area contributed by atoms with E-state index in [1.54, 1.807) is 0 Å². The zero-order valence-electron chi connectivity index (χ0n) is 13.6. The summed E-state index contributed by atoms with van der Waals surface area (Å²) in [5.74, 6) is 0.948. The van der Waals surface area contributed by atoms with Crippen LogP contribution >= 0.6 is 0 Å². The van der Waals surface area contributed by atoms with Gasteiger partial charge in [-0.05, 0) is 43.6 Å². The molecular formula is C18H30N2O. The summed E-state index contributed by atoms with van der Waals surface area (Å²) in [5.41, 5.74) is 1.30. The maximum Gasteiger partial charge on any atom is 0.119 e. The van der Waals surface area contributed by atoms with Gasteiger partial charge in [0.15, 0.2) is 0 Å². The quantitative estimate of drug-likeness (QED) is 0.471. The van der Waals surface area contributed by atoms with Gasteiger partial charge in [0.1, 0.15) is 12.4 Å². The summed E-state index contributed by atoms with van der Waals surface area (Å²) in [6.07, 6.45) is 4.28. The second kappa shape index (κ2) is 11.4. The van der Waals surface area contributed by atoms with E-state index in [1.165, 1.54) is 12.0 Å². The third kappa shape index (κ3) is 7.88. The second-order valence-electron chi connectivity index (χ2n) is 5.26. The SMILES string of the molecule is C=CCN(CCC)CCOc1ccc(CNCCC)cc1. The fourth-order valence-corrected chi connectivity index (χ4v) is 2.20. The van der Waals surface area contributed by atoms with Crippen LogP contribution in [0.4, 0.5) is 0 Å². The van der Waals surface area contributed by atoms with E-state index in [9.17, 15) is 0 Å². The maximum absolute atomic E-state index is 5.81. The minimum absolute atomic E-state index is 0.723. The summed E-state index contributed by atoms with van der Waals surface area (Å²) >= 11 is 0. The van der Waals surface area contributed by atoms with Crippen LogP contribution in [0.15, 0.2) is 36.9 Å². The van der Waals surface area contributed by atoms with Gasteiger partial charge >= 0.3 is 0 Å². The number of nitrogens with zero attached hydrogens (tertiary/aromatic N) is 1. The molecular weight excluding hydrogens is 260 g/mol. The van der Waals surface area contributed by atoms with Crippen molar-refractivity contribution in [1.29, 1.82) is 0 Å². The van der Waals surface area contributed by atoms with Crippen LogP contribution in [0, 0.1) is 0 Å². The molecule has 0 aromatic heterocycles. The van der Waals surface area contributed by atoms with Gasteiger partial charge in [0.25, 0.3) is 0 Å². The van der Waals surface area contributed by atoms with E-state index in [4.69, 9.17) is 4.74 Å². The molecule has 3 nitrogen and oxygen atoms in total. The molecule has 0 aliphatic rings. The third-order valence-electron chi connectivity index (χ3n) is 3.28. The molecule has 0 aliphatic heterocycles. The third-order valence-corrected chi connectivity index (χ3v) is 3.28. The molecule has 1 N–H and O–H groups in total. The first-order valence-electron chi connectivity index (χ1n) is 8.05. The van der Waals surface area contributed by atoms with Crippen molar-refractivity contribution in [2.45, 2.75) is 33.2 Å². The zero-order valence-corrected chi connectivity index (χ0v) is 13.6. The fraction of sp³-hybridized carbons (Fsp3) is 0.556. The van der Waals surface area contributed by atoms with Crippen molar-refractivity contribution in [3.8, 4) is 5.75 Å². The molecule has 0 bridgehead atoms. The van der Waals surface area contributed by atoms with Crippen molar-refractivity contribution >= 4 is 0 Å². The van der Waals surface area contributed by atoms with E-state index in [1.807, 2.05) is 6.08 Å². The molecule has 1 aromatic rings. The number of nitrogens with one attached hydrogen (secondary N) is 1. The highest BCUT2D eigenvalue weighted by atomic mass is 16.5. The number of rotatable bonds is 12. The number of hydrogen-bond acceptors (Lipinski definition) is 3. The minimum atomic E-state index is 0.723. The first-order valence-corrected chi connectivity index (χ1v) is 8.05. The predicted octanol–water partition coefficient (Wildman–Crippen LogP) is 3.46. The van der Waals surface area contributed by atoms with E-state index in [0.717, 1.165) is 51.5 Å². The van der Waals surface area contributed by atoms with Crippen molar-refractivity contribution in [2.24, 2.45) is 0 Å². The Bertz CT molecular complexity index is 375. The van der Waals surface area contributed by atoms with Gasteiger partial charge in [-0.3, -0.25) is 4.90 Å². The van der Waals surface area contributed by atoms with Crippen LogP contribution in [0.3, 0.4) is 0 Å². The Morgan fingerprint density at radius 2 is 1.90 bits per heavy atom. The molecule has 0 saturated carbocycles. The van der Waals surface area contributed by atoms with Crippen LogP contribution < -0.4 is 10.1 Å². The summed E-state index contributed by atoms with van der Waals surface area (Å²) in [7, 11) is 0. The number of ether oxygens (including phenoxy) is 1. The van der Waals surface area contributed by atoms with Gasteiger partial charge < -0.3 is 10.1 Å². The lowest BCUT2D eigenvalue weighted by molar-refractivity contribution is 0.223. The average Bonchev–Trinajstić information content (AvgIpc) is 2.49. The highest BCUT2D eigenvalue weighted by Crippen LogP contribution is 2.12. The van der Waals surface area contributed by atoms with Crippen molar-refractivity contribution in [3.63, 3.8) is 0 Å². The van der Waals surface area contributed by atoms with Gasteiger partial charge in [0.05, 0.1) is 0 Å². The molecule has 21 heavy (non-hydrogen) atoms. The zero-order chi connectivity index (χ0) is 15.3. The molecule has 0 fully saturated rings. The van der Waals surface area contributed by atoms with Crippen LogP contribution in [0.2, 0.25) is 0 Å². The molecule has 0 unspecified atom stereocenters. The second-order valence-corrected chi connectivity index (χ2v) is 5.26. The first kappa shape index (κ1) is 17.7. The molecule has 0 aliphatic carbocycles. The Morgan fingerprint density at radius 3 is 2.52 bits per heavy atom.